The van der Waals surface area contributed by atoms with Crippen LogP contribution < -0.4 is 34.3 Å². The van der Waals surface area contributed by atoms with Crippen molar-refractivity contribution in [2.45, 2.75) is 20.3 Å². The van der Waals surface area contributed by atoms with Crippen LogP contribution in [-0.4, -0.2) is 5.97 Å². The fraction of sp³-hybridized carbons (Fsp3) is 0.300. The standard InChI is InChI=1S/C10H11ClO2.Na.H/c1-3-10(12)13-9-5-4-8(11)6-7(9)2;;/h4-6H,3H2,1-2H3;;/q;+1;-1. The zero-order valence-electron chi connectivity index (χ0n) is 9.63. The molecule has 0 aliphatic carbocycles. The van der Waals surface area contributed by atoms with Gasteiger partial charge in [0.1, 0.15) is 5.75 Å². The SMILES string of the molecule is CCC(=O)Oc1ccc(Cl)cc1C.[H-].[Na+]. The summed E-state index contributed by atoms with van der Waals surface area (Å²) >= 11 is 5.75. The van der Waals surface area contributed by atoms with Gasteiger partial charge in [0.2, 0.25) is 0 Å². The summed E-state index contributed by atoms with van der Waals surface area (Å²) in [5.41, 5.74) is 0.870. The molecule has 1 aromatic carbocycles. The Hall–Kier alpha value is -0.0200. The van der Waals surface area contributed by atoms with Crippen molar-refractivity contribution in [3.8, 4) is 5.75 Å². The molecule has 1 aromatic rings. The van der Waals surface area contributed by atoms with Gasteiger partial charge in [-0.1, -0.05) is 18.5 Å². The predicted octanol–water partition coefficient (Wildman–Crippen LogP) is 0.0803. The number of ether oxygens (including phenoxy) is 1. The Labute approximate surface area is 112 Å². The Morgan fingerprint density at radius 3 is 2.71 bits per heavy atom. The number of esters is 1. The van der Waals surface area contributed by atoms with E-state index in [1.54, 1.807) is 25.1 Å². The maximum atomic E-state index is 11.0. The topological polar surface area (TPSA) is 26.3 Å². The first-order valence-electron chi connectivity index (χ1n) is 4.10. The molecule has 72 valence electrons. The summed E-state index contributed by atoms with van der Waals surface area (Å²) in [6, 6.07) is 5.16. The van der Waals surface area contributed by atoms with Gasteiger partial charge in [-0.05, 0) is 30.7 Å². The van der Waals surface area contributed by atoms with Crippen molar-refractivity contribution in [3.05, 3.63) is 28.8 Å². The molecule has 0 atom stereocenters. The summed E-state index contributed by atoms with van der Waals surface area (Å²) in [5, 5.41) is 0.647. The first-order chi connectivity index (χ1) is 6.13. The molecule has 1 rings (SSSR count). The van der Waals surface area contributed by atoms with Crippen molar-refractivity contribution in [1.82, 2.24) is 0 Å². The molecule has 2 nitrogen and oxygen atoms in total. The molecule has 0 heterocycles. The van der Waals surface area contributed by atoms with E-state index in [1.807, 2.05) is 6.92 Å². The zero-order valence-corrected chi connectivity index (χ0v) is 11.4. The van der Waals surface area contributed by atoms with E-state index in [0.29, 0.717) is 17.2 Å². The largest absolute Gasteiger partial charge is 1.00 e. The first-order valence-corrected chi connectivity index (χ1v) is 4.48. The van der Waals surface area contributed by atoms with E-state index < -0.39 is 0 Å². The fourth-order valence-electron chi connectivity index (χ4n) is 0.922. The van der Waals surface area contributed by atoms with Gasteiger partial charge in [0.15, 0.2) is 0 Å². The Morgan fingerprint density at radius 2 is 2.21 bits per heavy atom. The summed E-state index contributed by atoms with van der Waals surface area (Å²) < 4.78 is 5.05. The number of aryl methyl sites for hydroxylation is 1. The van der Waals surface area contributed by atoms with Crippen LogP contribution in [0.25, 0.3) is 0 Å². The van der Waals surface area contributed by atoms with Crippen molar-refractivity contribution >= 4 is 17.6 Å². The van der Waals surface area contributed by atoms with Gasteiger partial charge in [-0.3, -0.25) is 4.79 Å². The molecule has 0 unspecified atom stereocenters. The zero-order chi connectivity index (χ0) is 9.84. The molecule has 0 bridgehead atoms. The summed E-state index contributed by atoms with van der Waals surface area (Å²) in [6.07, 6.45) is 0.377. The van der Waals surface area contributed by atoms with Gasteiger partial charge in [-0.15, -0.1) is 0 Å². The van der Waals surface area contributed by atoms with Crippen LogP contribution in [0.3, 0.4) is 0 Å². The maximum absolute atomic E-state index is 11.0. The number of benzene rings is 1. The van der Waals surface area contributed by atoms with E-state index in [4.69, 9.17) is 16.3 Å². The van der Waals surface area contributed by atoms with Gasteiger partial charge in [0.05, 0.1) is 0 Å². The van der Waals surface area contributed by atoms with Crippen LogP contribution in [0.1, 0.15) is 20.3 Å². The number of halogens is 1. The Morgan fingerprint density at radius 1 is 1.57 bits per heavy atom. The van der Waals surface area contributed by atoms with Crippen molar-refractivity contribution in [2.24, 2.45) is 0 Å². The van der Waals surface area contributed by atoms with Crippen LogP contribution in [-0.2, 0) is 4.79 Å². The number of carbonyl (C=O) groups is 1. The first kappa shape index (κ1) is 14.0. The summed E-state index contributed by atoms with van der Waals surface area (Å²) in [5.74, 6) is 0.349. The van der Waals surface area contributed by atoms with E-state index in [-0.39, 0.29) is 37.0 Å². The van der Waals surface area contributed by atoms with Gasteiger partial charge in [0.25, 0.3) is 0 Å². The molecule has 0 aromatic heterocycles. The van der Waals surface area contributed by atoms with E-state index in [9.17, 15) is 4.79 Å². The van der Waals surface area contributed by atoms with Gasteiger partial charge in [-0.2, -0.15) is 0 Å². The Kier molecular flexibility index (Phi) is 6.45. The average molecular weight is 223 g/mol. The summed E-state index contributed by atoms with van der Waals surface area (Å²) in [6.45, 7) is 3.61. The Balaban J connectivity index is 0. The maximum Gasteiger partial charge on any atom is 1.00 e. The second-order valence-corrected chi connectivity index (χ2v) is 3.17. The minimum absolute atomic E-state index is 0. The number of rotatable bonds is 2. The van der Waals surface area contributed by atoms with Gasteiger partial charge < -0.3 is 6.16 Å². The molecule has 14 heavy (non-hydrogen) atoms. The molecular weight excluding hydrogens is 211 g/mol. The smallest absolute Gasteiger partial charge is 1.00 e. The van der Waals surface area contributed by atoms with Crippen LogP contribution in [0.15, 0.2) is 18.2 Å². The third-order valence-corrected chi connectivity index (χ3v) is 1.88. The van der Waals surface area contributed by atoms with Crippen molar-refractivity contribution in [2.75, 3.05) is 0 Å². The molecule has 0 N–H and O–H groups in total. The van der Waals surface area contributed by atoms with E-state index in [1.165, 1.54) is 0 Å². The number of carbonyl (C=O) groups excluding carboxylic acids is 1. The molecule has 0 saturated heterocycles. The van der Waals surface area contributed by atoms with Crippen molar-refractivity contribution in [1.29, 1.82) is 0 Å². The third-order valence-electron chi connectivity index (χ3n) is 1.65. The average Bonchev–Trinajstić information content (AvgIpc) is 2.09. The van der Waals surface area contributed by atoms with Crippen LogP contribution in [0.5, 0.6) is 5.75 Å². The molecule has 0 radical (unpaired) electrons. The Bertz CT molecular complexity index is 331. The normalized spacial score (nSPS) is 9.07. The number of hydrogen-bond donors (Lipinski definition) is 0. The van der Waals surface area contributed by atoms with Crippen LogP contribution in [0.2, 0.25) is 5.02 Å². The van der Waals surface area contributed by atoms with Crippen LogP contribution in [0.4, 0.5) is 0 Å². The second kappa shape index (κ2) is 6.46. The molecule has 0 aliphatic heterocycles. The fourth-order valence-corrected chi connectivity index (χ4v) is 1.15. The van der Waals surface area contributed by atoms with Crippen LogP contribution >= 0.6 is 11.6 Å². The van der Waals surface area contributed by atoms with Gasteiger partial charge in [0, 0.05) is 11.4 Å². The minimum atomic E-state index is -0.231. The van der Waals surface area contributed by atoms with Gasteiger partial charge in [-0.25, -0.2) is 0 Å². The minimum Gasteiger partial charge on any atom is -1.00 e. The number of hydrogen-bond acceptors (Lipinski definition) is 2. The third kappa shape index (κ3) is 4.01. The van der Waals surface area contributed by atoms with E-state index >= 15 is 0 Å². The molecular formula is C10H12ClNaO2. The molecule has 0 aliphatic rings. The molecule has 0 saturated carbocycles. The second-order valence-electron chi connectivity index (χ2n) is 2.74. The molecule has 0 spiro atoms. The summed E-state index contributed by atoms with van der Waals surface area (Å²) in [4.78, 5) is 11.0. The van der Waals surface area contributed by atoms with Crippen molar-refractivity contribution < 1.29 is 40.5 Å². The van der Waals surface area contributed by atoms with E-state index in [0.717, 1.165) is 5.56 Å². The summed E-state index contributed by atoms with van der Waals surface area (Å²) in [7, 11) is 0. The van der Waals surface area contributed by atoms with Crippen molar-refractivity contribution in [3.63, 3.8) is 0 Å². The monoisotopic (exact) mass is 222 g/mol. The van der Waals surface area contributed by atoms with Crippen LogP contribution in [0, 0.1) is 6.92 Å². The quantitative estimate of drug-likeness (QED) is 0.403. The molecule has 0 fully saturated rings. The molecule has 4 heteroatoms. The van der Waals surface area contributed by atoms with Gasteiger partial charge >= 0.3 is 35.5 Å². The molecule has 0 amide bonds. The van der Waals surface area contributed by atoms with E-state index in [2.05, 4.69) is 0 Å². The predicted molar refractivity (Wildman–Crippen MR) is 53.2 cm³/mol.